The highest BCUT2D eigenvalue weighted by molar-refractivity contribution is 5.84. The van der Waals surface area contributed by atoms with Crippen LogP contribution in [0.2, 0.25) is 0 Å². The highest BCUT2D eigenvalue weighted by Gasteiger charge is 2.25. The molecule has 7 heteroatoms. The summed E-state index contributed by atoms with van der Waals surface area (Å²) in [6.45, 7) is 0.464. The molecule has 0 aliphatic carbocycles. The first-order valence-corrected chi connectivity index (χ1v) is 8.96. The number of halogens is 1. The number of benzene rings is 2. The zero-order valence-corrected chi connectivity index (χ0v) is 15.2. The summed E-state index contributed by atoms with van der Waals surface area (Å²) in [4.78, 5) is 17.8. The topological polar surface area (TPSA) is 94.7 Å². The summed E-state index contributed by atoms with van der Waals surface area (Å²) < 4.78 is 14.2. The van der Waals surface area contributed by atoms with Crippen molar-refractivity contribution in [3.05, 3.63) is 58.9 Å². The third-order valence-corrected chi connectivity index (χ3v) is 4.50. The van der Waals surface area contributed by atoms with Crippen LogP contribution in [-0.4, -0.2) is 36.8 Å². The molecule has 2 aromatic carbocycles. The number of aliphatic hydroxyl groups excluding tert-OH is 1. The van der Waals surface area contributed by atoms with Crippen LogP contribution in [0, 0.1) is 17.1 Å². The van der Waals surface area contributed by atoms with E-state index in [1.54, 1.807) is 12.3 Å². The van der Waals surface area contributed by atoms with E-state index < -0.39 is 5.82 Å². The highest BCUT2D eigenvalue weighted by Crippen LogP contribution is 2.37. The van der Waals surface area contributed by atoms with Gasteiger partial charge >= 0.3 is 0 Å². The Morgan fingerprint density at radius 3 is 2.93 bits per heavy atom. The van der Waals surface area contributed by atoms with Crippen LogP contribution in [-0.2, 0) is 16.1 Å². The Balaban J connectivity index is 1.97. The first-order valence-electron chi connectivity index (χ1n) is 8.96. The van der Waals surface area contributed by atoms with Gasteiger partial charge in [-0.2, -0.15) is 5.26 Å². The van der Waals surface area contributed by atoms with Gasteiger partial charge in [0.2, 0.25) is 0 Å². The van der Waals surface area contributed by atoms with Crippen LogP contribution in [0.1, 0.15) is 29.2 Å². The lowest BCUT2D eigenvalue weighted by Gasteiger charge is -2.19. The number of nitriles is 1. The summed E-state index contributed by atoms with van der Waals surface area (Å²) in [6, 6.07) is 11.8. The molecule has 28 heavy (non-hydrogen) atoms. The molecule has 6 nitrogen and oxygen atoms in total. The molecule has 0 radical (unpaired) electrons. The van der Waals surface area contributed by atoms with E-state index in [1.807, 2.05) is 24.3 Å². The summed E-state index contributed by atoms with van der Waals surface area (Å²) >= 11 is 0. The quantitative estimate of drug-likeness (QED) is 0.685. The molecule has 0 saturated carbocycles. The Morgan fingerprint density at radius 2 is 2.25 bits per heavy atom. The Labute approximate surface area is 162 Å². The van der Waals surface area contributed by atoms with Crippen molar-refractivity contribution in [3.8, 4) is 17.2 Å². The van der Waals surface area contributed by atoms with Crippen LogP contribution in [0.15, 0.2) is 41.6 Å². The van der Waals surface area contributed by atoms with Crippen LogP contribution < -0.4 is 5.32 Å². The normalized spacial score (nSPS) is 15.2. The van der Waals surface area contributed by atoms with E-state index in [9.17, 15) is 9.18 Å². The molecule has 0 aromatic heterocycles. The van der Waals surface area contributed by atoms with Gasteiger partial charge in [-0.1, -0.05) is 29.4 Å². The number of carbonyl (C=O) groups is 1. The predicted molar refractivity (Wildman–Crippen MR) is 102 cm³/mol. The Morgan fingerprint density at radius 1 is 1.39 bits per heavy atom. The molecule has 0 spiro atoms. The Kier molecular flexibility index (Phi) is 6.48. The number of nitrogens with one attached hydrogen (secondary N) is 1. The van der Waals surface area contributed by atoms with Crippen molar-refractivity contribution in [2.24, 2.45) is 5.16 Å². The van der Waals surface area contributed by atoms with E-state index in [2.05, 4.69) is 10.5 Å². The maximum Gasteiger partial charge on any atom is 0.158 e. The van der Waals surface area contributed by atoms with E-state index in [0.29, 0.717) is 18.5 Å². The van der Waals surface area contributed by atoms with Gasteiger partial charge in [0, 0.05) is 31.2 Å². The predicted octanol–water partition coefficient (Wildman–Crippen LogP) is 2.51. The fourth-order valence-corrected chi connectivity index (χ4v) is 3.22. The fourth-order valence-electron chi connectivity index (χ4n) is 3.22. The minimum atomic E-state index is -0.593. The lowest BCUT2D eigenvalue weighted by atomic mass is 9.88. The first kappa shape index (κ1) is 19.7. The second kappa shape index (κ2) is 9.22. The lowest BCUT2D eigenvalue weighted by molar-refractivity contribution is -0.117. The number of aliphatic hydroxyl groups is 1. The van der Waals surface area contributed by atoms with Gasteiger partial charge in [0.15, 0.2) is 11.9 Å². The third-order valence-electron chi connectivity index (χ3n) is 4.50. The van der Waals surface area contributed by atoms with Crippen molar-refractivity contribution in [1.29, 1.82) is 5.26 Å². The minimum Gasteiger partial charge on any atom is -0.395 e. The summed E-state index contributed by atoms with van der Waals surface area (Å²) in [6.07, 6.45) is 2.04. The molecule has 0 bridgehead atoms. The van der Waals surface area contributed by atoms with E-state index in [4.69, 9.17) is 15.2 Å². The summed E-state index contributed by atoms with van der Waals surface area (Å²) in [7, 11) is 0. The number of hydrogen-bond acceptors (Lipinski definition) is 6. The van der Waals surface area contributed by atoms with Gasteiger partial charge in [-0.15, -0.1) is 0 Å². The molecule has 0 amide bonds. The average Bonchev–Trinajstić information content (AvgIpc) is 3.22. The molecule has 2 N–H and O–H groups in total. The second-order valence-corrected chi connectivity index (χ2v) is 6.42. The van der Waals surface area contributed by atoms with Crippen molar-refractivity contribution in [2.75, 3.05) is 19.7 Å². The van der Waals surface area contributed by atoms with Gasteiger partial charge < -0.3 is 15.3 Å². The van der Waals surface area contributed by atoms with Gasteiger partial charge in [-0.25, -0.2) is 4.39 Å². The van der Waals surface area contributed by atoms with Crippen LogP contribution in [0.25, 0.3) is 11.1 Å². The SMILES string of the molecule is N#Cc1ccc(-c2cccc(CC(=O)CNCCO)c2C2CC=NO2)cc1F. The number of Topliss-reactive ketones (excluding diaryl/α,β-unsaturated/α-hetero) is 1. The van der Waals surface area contributed by atoms with E-state index in [0.717, 1.165) is 16.7 Å². The number of rotatable bonds is 8. The van der Waals surface area contributed by atoms with Crippen LogP contribution >= 0.6 is 0 Å². The number of nitrogens with zero attached hydrogens (tertiary/aromatic N) is 2. The van der Waals surface area contributed by atoms with Crippen molar-refractivity contribution in [2.45, 2.75) is 18.9 Å². The van der Waals surface area contributed by atoms with Gasteiger partial charge in [0.25, 0.3) is 0 Å². The Hall–Kier alpha value is -3.08. The number of carbonyl (C=O) groups excluding carboxylic acids is 1. The van der Waals surface area contributed by atoms with E-state index in [-0.39, 0.29) is 37.0 Å². The number of hydrogen-bond donors (Lipinski definition) is 2. The summed E-state index contributed by atoms with van der Waals surface area (Å²) in [5, 5.41) is 24.5. The second-order valence-electron chi connectivity index (χ2n) is 6.42. The monoisotopic (exact) mass is 381 g/mol. The standard InChI is InChI=1S/C21H20FN3O3/c22-19-11-14(4-5-16(19)12-23)18-3-1-2-15(10-17(27)13-24-8-9-26)21(18)20-6-7-25-28-20/h1-5,7,11,20,24,26H,6,8-10,13H2. The molecular formula is C21H20FN3O3. The summed E-state index contributed by atoms with van der Waals surface area (Å²) in [5.74, 6) is -0.624. The van der Waals surface area contributed by atoms with Crippen molar-refractivity contribution >= 4 is 12.0 Å². The maximum atomic E-state index is 14.2. The molecule has 0 fully saturated rings. The van der Waals surface area contributed by atoms with Gasteiger partial charge in [-0.05, 0) is 28.8 Å². The molecule has 1 unspecified atom stereocenters. The van der Waals surface area contributed by atoms with E-state index >= 15 is 0 Å². The van der Waals surface area contributed by atoms with E-state index in [1.165, 1.54) is 12.1 Å². The maximum absolute atomic E-state index is 14.2. The first-order chi connectivity index (χ1) is 13.6. The fraction of sp³-hybridized carbons (Fsp3) is 0.286. The van der Waals surface area contributed by atoms with Crippen LogP contribution in [0.4, 0.5) is 4.39 Å². The van der Waals surface area contributed by atoms with Crippen molar-refractivity contribution in [1.82, 2.24) is 5.32 Å². The minimum absolute atomic E-state index is 0.0213. The number of ketones is 1. The molecule has 1 heterocycles. The molecule has 1 atom stereocenters. The smallest absolute Gasteiger partial charge is 0.158 e. The van der Waals surface area contributed by atoms with Crippen LogP contribution in [0.3, 0.4) is 0 Å². The zero-order valence-electron chi connectivity index (χ0n) is 15.2. The lowest BCUT2D eigenvalue weighted by Crippen LogP contribution is -2.27. The van der Waals surface area contributed by atoms with Gasteiger partial charge in [0.05, 0.1) is 18.7 Å². The third kappa shape index (κ3) is 4.42. The molecule has 1 aliphatic rings. The van der Waals surface area contributed by atoms with Crippen molar-refractivity contribution in [3.63, 3.8) is 0 Å². The zero-order chi connectivity index (χ0) is 19.9. The average molecular weight is 381 g/mol. The Bertz CT molecular complexity index is 929. The van der Waals surface area contributed by atoms with Crippen molar-refractivity contribution < 1.29 is 19.1 Å². The highest BCUT2D eigenvalue weighted by atomic mass is 19.1. The molecule has 1 aliphatic heterocycles. The summed E-state index contributed by atoms with van der Waals surface area (Å²) in [5.41, 5.74) is 2.91. The molecule has 2 aromatic rings. The van der Waals surface area contributed by atoms with Gasteiger partial charge in [-0.3, -0.25) is 4.79 Å². The molecule has 144 valence electrons. The molecule has 0 saturated heterocycles. The molecule has 3 rings (SSSR count). The number of oxime groups is 1. The van der Waals surface area contributed by atoms with Crippen LogP contribution in [0.5, 0.6) is 0 Å². The molecular weight excluding hydrogens is 361 g/mol. The largest absolute Gasteiger partial charge is 0.395 e. The van der Waals surface area contributed by atoms with Gasteiger partial charge in [0.1, 0.15) is 11.9 Å².